The second kappa shape index (κ2) is 5.21. The van der Waals surface area contributed by atoms with Gasteiger partial charge in [-0.3, -0.25) is 4.79 Å². The van der Waals surface area contributed by atoms with E-state index in [1.807, 2.05) is 17.0 Å². The summed E-state index contributed by atoms with van der Waals surface area (Å²) in [7, 11) is 0. The molecule has 0 spiro atoms. The van der Waals surface area contributed by atoms with Gasteiger partial charge in [-0.1, -0.05) is 12.1 Å². The molecule has 102 valence electrons. The van der Waals surface area contributed by atoms with Crippen molar-refractivity contribution in [2.24, 2.45) is 5.92 Å². The largest absolute Gasteiger partial charge is 0.396 e. The van der Waals surface area contributed by atoms with Crippen LogP contribution < -0.4 is 5.32 Å². The molecule has 2 N–H and O–H groups in total. The summed E-state index contributed by atoms with van der Waals surface area (Å²) < 4.78 is 0. The molecule has 19 heavy (non-hydrogen) atoms. The fraction of sp³-hybridized carbons (Fsp3) is 0.533. The molecular formula is C15H20N2O2. The van der Waals surface area contributed by atoms with Gasteiger partial charge in [0.05, 0.1) is 11.3 Å². The number of amides is 1. The minimum absolute atomic E-state index is 0.0993. The van der Waals surface area contributed by atoms with Crippen LogP contribution in [0.15, 0.2) is 18.2 Å². The smallest absolute Gasteiger partial charge is 0.255 e. The Morgan fingerprint density at radius 1 is 1.47 bits per heavy atom. The van der Waals surface area contributed by atoms with E-state index in [9.17, 15) is 9.90 Å². The maximum Gasteiger partial charge on any atom is 0.255 e. The zero-order valence-corrected chi connectivity index (χ0v) is 11.1. The van der Waals surface area contributed by atoms with E-state index < -0.39 is 0 Å². The molecule has 1 amide bonds. The summed E-state index contributed by atoms with van der Waals surface area (Å²) in [4.78, 5) is 14.5. The van der Waals surface area contributed by atoms with Crippen molar-refractivity contribution in [1.29, 1.82) is 0 Å². The van der Waals surface area contributed by atoms with Crippen molar-refractivity contribution in [2.45, 2.75) is 19.3 Å². The van der Waals surface area contributed by atoms with Crippen LogP contribution in [0.4, 0.5) is 5.69 Å². The summed E-state index contributed by atoms with van der Waals surface area (Å²) >= 11 is 0. The number of carbonyl (C=O) groups excluding carboxylic acids is 1. The maximum atomic E-state index is 12.6. The fourth-order valence-corrected chi connectivity index (χ4v) is 3.02. The van der Waals surface area contributed by atoms with E-state index in [1.165, 1.54) is 5.56 Å². The first kappa shape index (κ1) is 12.5. The number of hydrogen-bond donors (Lipinski definition) is 2. The average molecular weight is 260 g/mol. The van der Waals surface area contributed by atoms with Gasteiger partial charge in [-0.25, -0.2) is 0 Å². The van der Waals surface area contributed by atoms with Gasteiger partial charge in [0.1, 0.15) is 0 Å². The summed E-state index contributed by atoms with van der Waals surface area (Å²) in [6, 6.07) is 5.98. The molecule has 0 bridgehead atoms. The third-order valence-corrected chi connectivity index (χ3v) is 4.14. The molecule has 2 aliphatic heterocycles. The Labute approximate surface area is 113 Å². The Kier molecular flexibility index (Phi) is 3.42. The number of aliphatic hydroxyl groups excluding tert-OH is 1. The van der Waals surface area contributed by atoms with E-state index in [1.54, 1.807) is 0 Å². The first-order valence-electron chi connectivity index (χ1n) is 7.05. The van der Waals surface area contributed by atoms with Gasteiger partial charge >= 0.3 is 0 Å². The van der Waals surface area contributed by atoms with E-state index in [0.717, 1.165) is 43.6 Å². The lowest BCUT2D eigenvalue weighted by Crippen LogP contribution is -2.30. The number of rotatable bonds is 2. The lowest BCUT2D eigenvalue weighted by atomic mass is 9.99. The molecule has 3 rings (SSSR count). The van der Waals surface area contributed by atoms with Crippen molar-refractivity contribution in [3.05, 3.63) is 29.3 Å². The predicted molar refractivity (Wildman–Crippen MR) is 74.3 cm³/mol. The third-order valence-electron chi connectivity index (χ3n) is 4.14. The predicted octanol–water partition coefficient (Wildman–Crippen LogP) is 1.50. The normalized spacial score (nSPS) is 21.9. The molecule has 1 fully saturated rings. The molecule has 1 aromatic rings. The molecule has 0 radical (unpaired) electrons. The molecule has 2 heterocycles. The number of hydrogen-bond acceptors (Lipinski definition) is 3. The van der Waals surface area contributed by atoms with Crippen molar-refractivity contribution < 1.29 is 9.90 Å². The van der Waals surface area contributed by atoms with E-state index in [4.69, 9.17) is 0 Å². The quantitative estimate of drug-likeness (QED) is 0.847. The van der Waals surface area contributed by atoms with E-state index >= 15 is 0 Å². The van der Waals surface area contributed by atoms with Crippen molar-refractivity contribution in [3.63, 3.8) is 0 Å². The van der Waals surface area contributed by atoms with Gasteiger partial charge in [-0.15, -0.1) is 0 Å². The highest BCUT2D eigenvalue weighted by molar-refractivity contribution is 6.00. The van der Waals surface area contributed by atoms with Crippen LogP contribution in [0.25, 0.3) is 0 Å². The average Bonchev–Trinajstić information content (AvgIpc) is 2.95. The summed E-state index contributed by atoms with van der Waals surface area (Å²) in [6.07, 6.45) is 3.08. The summed E-state index contributed by atoms with van der Waals surface area (Å²) in [5.41, 5.74) is 3.05. The number of benzene rings is 1. The second-order valence-electron chi connectivity index (χ2n) is 5.46. The fourth-order valence-electron chi connectivity index (χ4n) is 3.02. The summed E-state index contributed by atoms with van der Waals surface area (Å²) in [5, 5.41) is 12.5. The second-order valence-corrected chi connectivity index (χ2v) is 5.46. The minimum Gasteiger partial charge on any atom is -0.396 e. The topological polar surface area (TPSA) is 52.6 Å². The SMILES string of the molecule is O=C(c1cccc2c1NCCC2)N1CCC(CO)C1. The number of fused-ring (bicyclic) bond motifs is 1. The molecule has 1 aromatic carbocycles. The monoisotopic (exact) mass is 260 g/mol. The van der Waals surface area contributed by atoms with Crippen LogP contribution >= 0.6 is 0 Å². The van der Waals surface area contributed by atoms with Crippen LogP contribution in [-0.2, 0) is 6.42 Å². The van der Waals surface area contributed by atoms with E-state index in [0.29, 0.717) is 6.54 Å². The van der Waals surface area contributed by atoms with Gasteiger partial charge in [-0.2, -0.15) is 0 Å². The first-order chi connectivity index (χ1) is 9.29. The zero-order chi connectivity index (χ0) is 13.2. The van der Waals surface area contributed by atoms with Gasteiger partial charge in [0.2, 0.25) is 0 Å². The number of nitrogens with one attached hydrogen (secondary N) is 1. The Morgan fingerprint density at radius 3 is 3.16 bits per heavy atom. The van der Waals surface area contributed by atoms with E-state index in [2.05, 4.69) is 11.4 Å². The van der Waals surface area contributed by atoms with Crippen LogP contribution in [0.3, 0.4) is 0 Å². The highest BCUT2D eigenvalue weighted by atomic mass is 16.3. The molecule has 0 aromatic heterocycles. The molecular weight excluding hydrogens is 240 g/mol. The lowest BCUT2D eigenvalue weighted by Gasteiger charge is -2.23. The first-order valence-corrected chi connectivity index (χ1v) is 7.05. The van der Waals surface area contributed by atoms with Gasteiger partial charge in [-0.05, 0) is 30.9 Å². The number of aliphatic hydroxyl groups is 1. The maximum absolute atomic E-state index is 12.6. The van der Waals surface area contributed by atoms with E-state index in [-0.39, 0.29) is 18.4 Å². The van der Waals surface area contributed by atoms with Gasteiger partial charge in [0, 0.05) is 32.2 Å². The molecule has 4 nitrogen and oxygen atoms in total. The van der Waals surface area contributed by atoms with Crippen molar-refractivity contribution in [2.75, 3.05) is 31.6 Å². The Morgan fingerprint density at radius 2 is 2.37 bits per heavy atom. The van der Waals surface area contributed by atoms with Gasteiger partial charge in [0.25, 0.3) is 5.91 Å². The molecule has 0 aliphatic carbocycles. The summed E-state index contributed by atoms with van der Waals surface area (Å²) in [6.45, 7) is 2.55. The highest BCUT2D eigenvalue weighted by Crippen LogP contribution is 2.28. The number of carbonyl (C=O) groups is 1. The van der Waals surface area contributed by atoms with Crippen molar-refractivity contribution in [1.82, 2.24) is 4.90 Å². The van der Waals surface area contributed by atoms with Crippen LogP contribution in [0, 0.1) is 5.92 Å². The minimum atomic E-state index is 0.0993. The number of nitrogens with zero attached hydrogens (tertiary/aromatic N) is 1. The van der Waals surface area contributed by atoms with Crippen LogP contribution in [-0.4, -0.2) is 42.2 Å². The Bertz CT molecular complexity index is 487. The Balaban J connectivity index is 1.84. The van der Waals surface area contributed by atoms with Crippen LogP contribution in [0.5, 0.6) is 0 Å². The lowest BCUT2D eigenvalue weighted by molar-refractivity contribution is 0.0782. The van der Waals surface area contributed by atoms with Crippen LogP contribution in [0.2, 0.25) is 0 Å². The van der Waals surface area contributed by atoms with Crippen LogP contribution in [0.1, 0.15) is 28.8 Å². The third kappa shape index (κ3) is 2.32. The standard InChI is InChI=1S/C15H20N2O2/c18-10-11-6-8-17(9-11)15(19)13-5-1-3-12-4-2-7-16-14(12)13/h1,3,5,11,16,18H,2,4,6-10H2. The number of likely N-dealkylation sites (tertiary alicyclic amines) is 1. The molecule has 1 atom stereocenters. The highest BCUT2D eigenvalue weighted by Gasteiger charge is 2.28. The molecule has 2 aliphatic rings. The number of aryl methyl sites for hydroxylation is 1. The summed E-state index contributed by atoms with van der Waals surface area (Å²) in [5.74, 6) is 0.346. The Hall–Kier alpha value is -1.55. The molecule has 1 saturated heterocycles. The molecule has 1 unspecified atom stereocenters. The van der Waals surface area contributed by atoms with Crippen molar-refractivity contribution in [3.8, 4) is 0 Å². The molecule has 4 heteroatoms. The molecule has 0 saturated carbocycles. The van der Waals surface area contributed by atoms with Gasteiger partial charge in [0.15, 0.2) is 0 Å². The zero-order valence-electron chi connectivity index (χ0n) is 11.1. The van der Waals surface area contributed by atoms with Gasteiger partial charge < -0.3 is 15.3 Å². The number of para-hydroxylation sites is 1. The number of anilines is 1. The van der Waals surface area contributed by atoms with Crippen molar-refractivity contribution >= 4 is 11.6 Å².